The van der Waals surface area contributed by atoms with Crippen molar-refractivity contribution in [3.05, 3.63) is 47.0 Å². The molecule has 7 nitrogen and oxygen atoms in total. The first-order valence-electron chi connectivity index (χ1n) is 13.8. The third kappa shape index (κ3) is 7.80. The Morgan fingerprint density at radius 1 is 1.05 bits per heavy atom. The predicted molar refractivity (Wildman–Crippen MR) is 159 cm³/mol. The largest absolute Gasteiger partial charge is 0.497 e. The standard InChI is InChI=1S/C30H46N4O3S/c1-8-33(9-2)21-25-12-16-34(17-13-25)28-11-10-26(18-22(28)3)31-29(35)14-15-32(6)38(36)30-23(4)19-27(37-7)20-24(30)5/h10-11,18-20,25H,8-9,12-17,21H2,1-7H3,(H,31,35). The molecule has 1 amide bonds. The Morgan fingerprint density at radius 3 is 2.24 bits per heavy atom. The first-order valence-corrected chi connectivity index (χ1v) is 14.9. The molecule has 0 aliphatic carbocycles. The van der Waals surface area contributed by atoms with Gasteiger partial charge in [0.1, 0.15) is 16.7 Å². The molecule has 1 aliphatic rings. The summed E-state index contributed by atoms with van der Waals surface area (Å²) in [6.07, 6.45) is 2.70. The Bertz CT molecular complexity index is 1090. The summed E-state index contributed by atoms with van der Waals surface area (Å²) in [5.74, 6) is 1.44. The number of aryl methyl sites for hydroxylation is 3. The molecule has 1 fully saturated rings. The lowest BCUT2D eigenvalue weighted by Crippen LogP contribution is -2.39. The third-order valence-corrected chi connectivity index (χ3v) is 9.37. The minimum atomic E-state index is -1.35. The summed E-state index contributed by atoms with van der Waals surface area (Å²) in [6.45, 7) is 16.5. The molecule has 1 unspecified atom stereocenters. The number of anilines is 2. The molecule has 1 N–H and O–H groups in total. The maximum Gasteiger partial charge on any atom is 0.225 e. The van der Waals surface area contributed by atoms with E-state index in [1.807, 2.05) is 32.0 Å². The highest BCUT2D eigenvalue weighted by atomic mass is 32.2. The van der Waals surface area contributed by atoms with Crippen LogP contribution in [0, 0.1) is 26.7 Å². The van der Waals surface area contributed by atoms with Gasteiger partial charge in [0, 0.05) is 51.0 Å². The summed E-state index contributed by atoms with van der Waals surface area (Å²) in [5, 5.41) is 3.02. The molecule has 0 saturated carbocycles. The summed E-state index contributed by atoms with van der Waals surface area (Å²) >= 11 is 0. The normalized spacial score (nSPS) is 15.2. The van der Waals surface area contributed by atoms with E-state index in [9.17, 15) is 9.00 Å². The lowest BCUT2D eigenvalue weighted by molar-refractivity contribution is -0.116. The molecule has 0 radical (unpaired) electrons. The second kappa shape index (κ2) is 14.1. The van der Waals surface area contributed by atoms with Crippen LogP contribution in [0.5, 0.6) is 5.75 Å². The van der Waals surface area contributed by atoms with E-state index in [1.165, 1.54) is 30.6 Å². The van der Waals surface area contributed by atoms with Crippen LogP contribution in [0.25, 0.3) is 0 Å². The molecule has 1 heterocycles. The van der Waals surface area contributed by atoms with Crippen LogP contribution in [0.3, 0.4) is 0 Å². The summed E-state index contributed by atoms with van der Waals surface area (Å²) in [6, 6.07) is 9.96. The average Bonchev–Trinajstić information content (AvgIpc) is 2.90. The molecular weight excluding hydrogens is 496 g/mol. The average molecular weight is 543 g/mol. The molecule has 1 saturated heterocycles. The number of methoxy groups -OCH3 is 1. The van der Waals surface area contributed by atoms with E-state index in [1.54, 1.807) is 18.5 Å². The molecule has 0 spiro atoms. The van der Waals surface area contributed by atoms with Crippen molar-refractivity contribution < 1.29 is 13.7 Å². The first kappa shape index (κ1) is 30.1. The molecule has 1 atom stereocenters. The van der Waals surface area contributed by atoms with Gasteiger partial charge in [-0.2, -0.15) is 0 Å². The Morgan fingerprint density at radius 2 is 1.68 bits per heavy atom. The molecule has 8 heteroatoms. The van der Waals surface area contributed by atoms with E-state index >= 15 is 0 Å². The van der Waals surface area contributed by atoms with Gasteiger partial charge in [0.25, 0.3) is 0 Å². The maximum atomic E-state index is 13.2. The smallest absolute Gasteiger partial charge is 0.225 e. The van der Waals surface area contributed by atoms with Gasteiger partial charge in [0.15, 0.2) is 0 Å². The van der Waals surface area contributed by atoms with Crippen LogP contribution in [-0.4, -0.2) is 72.7 Å². The van der Waals surface area contributed by atoms with Gasteiger partial charge in [-0.05, 0) is 99.6 Å². The zero-order valence-corrected chi connectivity index (χ0v) is 25.1. The second-order valence-corrected chi connectivity index (χ2v) is 11.9. The van der Waals surface area contributed by atoms with E-state index in [4.69, 9.17) is 4.74 Å². The highest BCUT2D eigenvalue weighted by Gasteiger charge is 2.22. The lowest BCUT2D eigenvalue weighted by Gasteiger charge is -2.36. The van der Waals surface area contributed by atoms with Crippen molar-refractivity contribution in [2.24, 2.45) is 5.92 Å². The fourth-order valence-electron chi connectivity index (χ4n) is 5.32. The van der Waals surface area contributed by atoms with Gasteiger partial charge < -0.3 is 19.9 Å². The molecule has 3 rings (SSSR count). The van der Waals surface area contributed by atoms with Gasteiger partial charge in [-0.3, -0.25) is 4.79 Å². The van der Waals surface area contributed by atoms with Crippen molar-refractivity contribution in [1.82, 2.24) is 9.21 Å². The highest BCUT2D eigenvalue weighted by molar-refractivity contribution is 7.82. The third-order valence-electron chi connectivity index (χ3n) is 7.63. The number of nitrogens with one attached hydrogen (secondary N) is 1. The number of nitrogens with zero attached hydrogens (tertiary/aromatic N) is 3. The molecule has 2 aromatic rings. The quantitative estimate of drug-likeness (QED) is 0.401. The van der Waals surface area contributed by atoms with Crippen molar-refractivity contribution in [2.45, 2.75) is 58.8 Å². The number of hydrogen-bond donors (Lipinski definition) is 1. The minimum Gasteiger partial charge on any atom is -0.497 e. The highest BCUT2D eigenvalue weighted by Crippen LogP contribution is 2.29. The van der Waals surface area contributed by atoms with Crippen molar-refractivity contribution in [3.8, 4) is 5.75 Å². The number of amides is 1. The van der Waals surface area contributed by atoms with E-state index in [-0.39, 0.29) is 12.3 Å². The Balaban J connectivity index is 1.51. The predicted octanol–water partition coefficient (Wildman–Crippen LogP) is 5.16. The summed E-state index contributed by atoms with van der Waals surface area (Å²) < 4.78 is 20.2. The van der Waals surface area contributed by atoms with Gasteiger partial charge in [0.2, 0.25) is 5.91 Å². The molecule has 2 aromatic carbocycles. The Hall–Kier alpha value is -2.42. The molecule has 0 aromatic heterocycles. The van der Waals surface area contributed by atoms with Crippen LogP contribution < -0.4 is 15.0 Å². The van der Waals surface area contributed by atoms with Crippen molar-refractivity contribution in [2.75, 3.05) is 63.6 Å². The Kier molecular flexibility index (Phi) is 11.2. The van der Waals surface area contributed by atoms with E-state index in [0.29, 0.717) is 6.54 Å². The van der Waals surface area contributed by atoms with Crippen LogP contribution >= 0.6 is 0 Å². The fraction of sp³-hybridized carbons (Fsp3) is 0.567. The van der Waals surface area contributed by atoms with Crippen LogP contribution in [0.2, 0.25) is 0 Å². The SMILES string of the molecule is CCN(CC)CC1CCN(c2ccc(NC(=O)CCN(C)S(=O)c3c(C)cc(OC)cc3C)cc2C)CC1. The topological polar surface area (TPSA) is 65.1 Å². The number of carbonyl (C=O) groups excluding carboxylic acids is 1. The fourth-order valence-corrected chi connectivity index (χ4v) is 6.55. The van der Waals surface area contributed by atoms with E-state index < -0.39 is 11.0 Å². The van der Waals surface area contributed by atoms with Crippen LogP contribution in [0.15, 0.2) is 35.2 Å². The molecule has 38 heavy (non-hydrogen) atoms. The second-order valence-electron chi connectivity index (χ2n) is 10.4. The van der Waals surface area contributed by atoms with Gasteiger partial charge in [-0.1, -0.05) is 13.8 Å². The number of hydrogen-bond acceptors (Lipinski definition) is 5. The van der Waals surface area contributed by atoms with Crippen molar-refractivity contribution in [1.29, 1.82) is 0 Å². The number of piperidine rings is 1. The zero-order chi connectivity index (χ0) is 27.8. The number of ether oxygens (including phenoxy) is 1. The summed E-state index contributed by atoms with van der Waals surface area (Å²) in [7, 11) is 2.06. The minimum absolute atomic E-state index is 0.0820. The lowest BCUT2D eigenvalue weighted by atomic mass is 9.95. The number of benzene rings is 2. The van der Waals surface area contributed by atoms with E-state index in [2.05, 4.69) is 48.0 Å². The maximum absolute atomic E-state index is 13.2. The number of rotatable bonds is 12. The molecule has 210 valence electrons. The van der Waals surface area contributed by atoms with Crippen molar-refractivity contribution >= 4 is 28.3 Å². The van der Waals surface area contributed by atoms with Crippen LogP contribution in [-0.2, 0) is 15.8 Å². The van der Waals surface area contributed by atoms with Gasteiger partial charge >= 0.3 is 0 Å². The monoisotopic (exact) mass is 542 g/mol. The first-order chi connectivity index (χ1) is 18.2. The summed E-state index contributed by atoms with van der Waals surface area (Å²) in [4.78, 5) is 18.5. The summed E-state index contributed by atoms with van der Waals surface area (Å²) in [5.41, 5.74) is 5.07. The molecule has 0 bridgehead atoms. The van der Waals surface area contributed by atoms with Gasteiger partial charge in [0.05, 0.1) is 12.0 Å². The van der Waals surface area contributed by atoms with Crippen LogP contribution in [0.4, 0.5) is 11.4 Å². The van der Waals surface area contributed by atoms with Crippen LogP contribution in [0.1, 0.15) is 49.8 Å². The van der Waals surface area contributed by atoms with Gasteiger partial charge in [-0.25, -0.2) is 8.51 Å². The van der Waals surface area contributed by atoms with Crippen molar-refractivity contribution in [3.63, 3.8) is 0 Å². The Labute approximate surface area is 232 Å². The van der Waals surface area contributed by atoms with E-state index in [0.717, 1.165) is 59.6 Å². The number of carbonyl (C=O) groups is 1. The zero-order valence-electron chi connectivity index (χ0n) is 24.3. The molecular formula is C30H46N4O3S. The van der Waals surface area contributed by atoms with Gasteiger partial charge in [-0.15, -0.1) is 0 Å². The molecule has 1 aliphatic heterocycles.